The van der Waals surface area contributed by atoms with E-state index in [9.17, 15) is 9.90 Å². The van der Waals surface area contributed by atoms with Gasteiger partial charge >= 0.3 is 6.09 Å². The first kappa shape index (κ1) is 18.6. The number of carbonyl (C=O) groups is 1. The first-order valence-corrected chi connectivity index (χ1v) is 8.88. The Labute approximate surface area is 131 Å². The van der Waals surface area contributed by atoms with Crippen molar-refractivity contribution in [2.45, 2.75) is 76.4 Å². The van der Waals surface area contributed by atoms with Crippen LogP contribution in [0, 0.1) is 0 Å². The molecule has 124 valence electrons. The van der Waals surface area contributed by atoms with Crippen LogP contribution >= 0.6 is 0 Å². The summed E-state index contributed by atoms with van der Waals surface area (Å²) in [5.41, 5.74) is -1.14. The summed E-state index contributed by atoms with van der Waals surface area (Å²) >= 11 is -0.155. The van der Waals surface area contributed by atoms with Crippen LogP contribution in [0.3, 0.4) is 0 Å². The number of carbonyl (C=O) groups excluding carboxylic acids is 1. The lowest BCUT2D eigenvalue weighted by Gasteiger charge is -2.45. The molecule has 1 fully saturated rings. The highest BCUT2D eigenvalue weighted by atomic mass is 32.2. The third kappa shape index (κ3) is 5.68. The van der Waals surface area contributed by atoms with Crippen molar-refractivity contribution >= 4 is 17.3 Å². The van der Waals surface area contributed by atoms with Gasteiger partial charge in [-0.1, -0.05) is 0 Å². The molecule has 1 aliphatic carbocycles. The van der Waals surface area contributed by atoms with Crippen LogP contribution in [0.15, 0.2) is 0 Å². The van der Waals surface area contributed by atoms with Crippen molar-refractivity contribution in [1.29, 1.82) is 0 Å². The Morgan fingerprint density at radius 3 is 2.19 bits per heavy atom. The Bertz CT molecular complexity index is 367. The molecular formula is C15H30NO4S+. The number of ether oxygens (including phenoxy) is 1. The van der Waals surface area contributed by atoms with Crippen molar-refractivity contribution in [2.24, 2.45) is 0 Å². The van der Waals surface area contributed by atoms with Crippen LogP contribution in [0.4, 0.5) is 4.79 Å². The van der Waals surface area contributed by atoms with Crippen molar-refractivity contribution in [1.82, 2.24) is 5.32 Å². The SMILES string of the molecule is C[S+](OC1CC(CO)(NC(=O)OC(C)(C)C)C1)C(C)(C)C. The maximum Gasteiger partial charge on any atom is 0.408 e. The van der Waals surface area contributed by atoms with Crippen molar-refractivity contribution < 1.29 is 18.8 Å². The van der Waals surface area contributed by atoms with Crippen LogP contribution < -0.4 is 5.32 Å². The number of nitrogens with one attached hydrogen (secondary N) is 1. The molecule has 1 saturated carbocycles. The van der Waals surface area contributed by atoms with Gasteiger partial charge in [0.15, 0.2) is 4.75 Å². The van der Waals surface area contributed by atoms with Crippen molar-refractivity contribution in [3.05, 3.63) is 0 Å². The predicted octanol–water partition coefficient (Wildman–Crippen LogP) is 2.38. The van der Waals surface area contributed by atoms with E-state index in [1.54, 1.807) is 0 Å². The molecule has 2 N–H and O–H groups in total. The summed E-state index contributed by atoms with van der Waals surface area (Å²) in [5.74, 6) is 0. The van der Waals surface area contributed by atoms with E-state index in [-0.39, 0.29) is 28.6 Å². The molecule has 0 aliphatic heterocycles. The fraction of sp³-hybridized carbons (Fsp3) is 0.933. The Hall–Kier alpha value is -0.460. The number of hydrogen-bond donors (Lipinski definition) is 2. The summed E-state index contributed by atoms with van der Waals surface area (Å²) in [6.07, 6.45) is 2.92. The predicted molar refractivity (Wildman–Crippen MR) is 86.3 cm³/mol. The second kappa shape index (κ2) is 6.34. The van der Waals surface area contributed by atoms with Crippen molar-refractivity contribution in [3.8, 4) is 0 Å². The summed E-state index contributed by atoms with van der Waals surface area (Å²) in [4.78, 5) is 11.8. The number of aliphatic hydroxyl groups excluding tert-OH is 1. The largest absolute Gasteiger partial charge is 0.444 e. The quantitative estimate of drug-likeness (QED) is 0.781. The maximum atomic E-state index is 11.8. The van der Waals surface area contributed by atoms with Gasteiger partial charge in [0.25, 0.3) is 0 Å². The minimum atomic E-state index is -0.602. The maximum absolute atomic E-state index is 11.8. The third-order valence-corrected chi connectivity index (χ3v) is 5.73. The van der Waals surface area contributed by atoms with Crippen molar-refractivity contribution in [2.75, 3.05) is 12.9 Å². The number of amides is 1. The zero-order chi connectivity index (χ0) is 16.5. The standard InChI is InChI=1S/C15H29NO4S/c1-13(2,3)19-12(18)16-15(10-17)8-11(9-15)20-21(7)14(4,5)6/h11,17H,8-10H2,1-7H3/p+1. The van der Waals surface area contributed by atoms with Gasteiger partial charge in [-0.3, -0.25) is 0 Å². The van der Waals surface area contributed by atoms with E-state index in [1.807, 2.05) is 20.8 Å². The van der Waals surface area contributed by atoms with Crippen LogP contribution in [0.2, 0.25) is 0 Å². The molecule has 1 amide bonds. The molecular weight excluding hydrogens is 290 g/mol. The molecule has 0 aromatic carbocycles. The van der Waals surface area contributed by atoms with E-state index in [1.165, 1.54) is 0 Å². The first-order chi connectivity index (χ1) is 9.37. The molecule has 0 radical (unpaired) electrons. The minimum Gasteiger partial charge on any atom is -0.444 e. The lowest BCUT2D eigenvalue weighted by molar-refractivity contribution is -0.0177. The van der Waals surface area contributed by atoms with E-state index in [0.717, 1.165) is 0 Å². The Balaban J connectivity index is 2.47. The number of hydrogen-bond acceptors (Lipinski definition) is 4. The van der Waals surface area contributed by atoms with Gasteiger partial charge in [-0.25, -0.2) is 4.79 Å². The molecule has 21 heavy (non-hydrogen) atoms. The monoisotopic (exact) mass is 320 g/mol. The smallest absolute Gasteiger partial charge is 0.408 e. The molecule has 1 unspecified atom stereocenters. The van der Waals surface area contributed by atoms with E-state index < -0.39 is 17.2 Å². The number of aliphatic hydroxyl groups is 1. The summed E-state index contributed by atoms with van der Waals surface area (Å²) in [6, 6.07) is 0. The number of rotatable bonds is 4. The van der Waals surface area contributed by atoms with Crippen LogP contribution in [0.5, 0.6) is 0 Å². The van der Waals surface area contributed by atoms with Crippen LogP contribution in [0.1, 0.15) is 54.4 Å². The third-order valence-electron chi connectivity index (χ3n) is 3.45. The second-order valence-corrected chi connectivity index (χ2v) is 10.1. The van der Waals surface area contributed by atoms with Gasteiger partial charge in [0.2, 0.25) is 0 Å². The Kier molecular flexibility index (Phi) is 5.61. The zero-order valence-corrected chi connectivity index (χ0v) is 15.1. The molecule has 0 saturated heterocycles. The molecule has 0 spiro atoms. The fourth-order valence-corrected chi connectivity index (χ4v) is 2.85. The van der Waals surface area contributed by atoms with Gasteiger partial charge in [0, 0.05) is 12.8 Å². The highest BCUT2D eigenvalue weighted by Gasteiger charge is 2.50. The molecule has 0 heterocycles. The lowest BCUT2D eigenvalue weighted by atomic mass is 9.75. The van der Waals surface area contributed by atoms with Crippen LogP contribution in [-0.2, 0) is 20.1 Å². The van der Waals surface area contributed by atoms with E-state index >= 15 is 0 Å². The second-order valence-electron chi connectivity index (χ2n) is 7.76. The molecule has 1 atom stereocenters. The van der Waals surface area contributed by atoms with Crippen LogP contribution in [0.25, 0.3) is 0 Å². The van der Waals surface area contributed by atoms with Crippen molar-refractivity contribution in [3.63, 3.8) is 0 Å². The Morgan fingerprint density at radius 1 is 1.29 bits per heavy atom. The van der Waals surface area contributed by atoms with Gasteiger partial charge in [0.05, 0.1) is 12.1 Å². The highest BCUT2D eigenvalue weighted by molar-refractivity contribution is 7.93. The summed E-state index contributed by atoms with van der Waals surface area (Å²) < 4.78 is 11.4. The molecule has 0 bridgehead atoms. The van der Waals surface area contributed by atoms with E-state index in [4.69, 9.17) is 8.92 Å². The lowest BCUT2D eigenvalue weighted by Crippen LogP contribution is -2.63. The summed E-state index contributed by atoms with van der Waals surface area (Å²) in [5, 5.41) is 12.4. The molecule has 5 nitrogen and oxygen atoms in total. The molecule has 1 rings (SSSR count). The number of alkyl carbamates (subject to hydrolysis) is 1. The van der Waals surface area contributed by atoms with E-state index in [2.05, 4.69) is 32.3 Å². The molecule has 6 heteroatoms. The minimum absolute atomic E-state index is 0.0830. The van der Waals surface area contributed by atoms with Gasteiger partial charge in [-0.05, 0) is 41.5 Å². The average Bonchev–Trinajstić information content (AvgIpc) is 2.21. The fourth-order valence-electron chi connectivity index (χ4n) is 2.02. The van der Waals surface area contributed by atoms with Gasteiger partial charge < -0.3 is 15.2 Å². The van der Waals surface area contributed by atoms with Gasteiger partial charge in [-0.15, -0.1) is 0 Å². The molecule has 0 aromatic rings. The highest BCUT2D eigenvalue weighted by Crippen LogP contribution is 2.37. The summed E-state index contributed by atoms with van der Waals surface area (Å²) in [7, 11) is 0. The van der Waals surface area contributed by atoms with E-state index in [0.29, 0.717) is 12.8 Å². The zero-order valence-electron chi connectivity index (χ0n) is 14.3. The normalized spacial score (nSPS) is 27.7. The van der Waals surface area contributed by atoms with Gasteiger partial charge in [-0.2, -0.15) is 4.18 Å². The molecule has 0 aromatic heterocycles. The van der Waals surface area contributed by atoms with Crippen LogP contribution in [-0.4, -0.2) is 46.1 Å². The topological polar surface area (TPSA) is 67.8 Å². The molecule has 1 aliphatic rings. The average molecular weight is 320 g/mol. The summed E-state index contributed by atoms with van der Waals surface area (Å²) in [6.45, 7) is 11.8. The first-order valence-electron chi connectivity index (χ1n) is 7.32. The Morgan fingerprint density at radius 2 is 1.81 bits per heavy atom. The van der Waals surface area contributed by atoms with Gasteiger partial charge in [0.1, 0.15) is 29.1 Å².